The average molecular weight is 446 g/mol. The van der Waals surface area contributed by atoms with Crippen LogP contribution in [0.15, 0.2) is 48.0 Å². The second-order valence-electron chi connectivity index (χ2n) is 6.43. The highest BCUT2D eigenvalue weighted by molar-refractivity contribution is 7.15. The number of amides is 1. The summed E-state index contributed by atoms with van der Waals surface area (Å²) in [6.45, 7) is 0. The lowest BCUT2D eigenvalue weighted by atomic mass is 10.1. The molecule has 0 fully saturated rings. The Balaban J connectivity index is 1.59. The predicted octanol–water partition coefficient (Wildman–Crippen LogP) is 5.05. The van der Waals surface area contributed by atoms with E-state index in [1.807, 2.05) is 34.2 Å². The van der Waals surface area contributed by atoms with Crippen LogP contribution >= 0.6 is 22.9 Å². The minimum Gasteiger partial charge on any atom is -0.497 e. The summed E-state index contributed by atoms with van der Waals surface area (Å²) in [5, 5.41) is 4.57. The van der Waals surface area contributed by atoms with Gasteiger partial charge in [-0.1, -0.05) is 11.6 Å². The topological polar surface area (TPSA) is 64.9 Å². The maximum atomic E-state index is 13.3. The molecule has 0 spiro atoms. The first-order valence-electron chi connectivity index (χ1n) is 8.91. The van der Waals surface area contributed by atoms with Crippen molar-refractivity contribution in [3.63, 3.8) is 0 Å². The smallest absolute Gasteiger partial charge is 0.230 e. The molecule has 30 heavy (non-hydrogen) atoms. The number of carbonyl (C=O) groups is 1. The molecule has 0 aliphatic carbocycles. The van der Waals surface area contributed by atoms with Crippen LogP contribution in [0.4, 0.5) is 10.1 Å². The van der Waals surface area contributed by atoms with Gasteiger partial charge >= 0.3 is 0 Å². The summed E-state index contributed by atoms with van der Waals surface area (Å²) in [7, 11) is 3.20. The van der Waals surface area contributed by atoms with E-state index in [1.165, 1.54) is 29.5 Å². The zero-order valence-electron chi connectivity index (χ0n) is 16.1. The molecule has 0 aliphatic heterocycles. The summed E-state index contributed by atoms with van der Waals surface area (Å²) in [5.74, 6) is 0.591. The second-order valence-corrected chi connectivity index (χ2v) is 7.67. The zero-order chi connectivity index (χ0) is 21.3. The van der Waals surface area contributed by atoms with E-state index < -0.39 is 5.82 Å². The summed E-state index contributed by atoms with van der Waals surface area (Å²) >= 11 is 7.20. The summed E-state index contributed by atoms with van der Waals surface area (Å²) in [4.78, 5) is 17.9. The van der Waals surface area contributed by atoms with Crippen molar-refractivity contribution in [2.45, 2.75) is 6.42 Å². The second kappa shape index (κ2) is 8.33. The number of imidazole rings is 1. The Kier molecular flexibility index (Phi) is 5.61. The number of methoxy groups -OCH3 is 2. The molecule has 0 radical (unpaired) electrons. The van der Waals surface area contributed by atoms with Gasteiger partial charge in [0.1, 0.15) is 17.3 Å². The summed E-state index contributed by atoms with van der Waals surface area (Å²) in [6.07, 6.45) is 1.99. The number of fused-ring (bicyclic) bond motifs is 1. The van der Waals surface area contributed by atoms with Gasteiger partial charge in [0.05, 0.1) is 31.4 Å². The van der Waals surface area contributed by atoms with Crippen LogP contribution in [0, 0.1) is 5.82 Å². The molecule has 1 amide bonds. The summed E-state index contributed by atoms with van der Waals surface area (Å²) in [6, 6.07) is 9.55. The largest absolute Gasteiger partial charge is 0.497 e. The van der Waals surface area contributed by atoms with Crippen molar-refractivity contribution >= 4 is 39.5 Å². The van der Waals surface area contributed by atoms with Crippen molar-refractivity contribution < 1.29 is 18.7 Å². The number of hydrogen-bond acceptors (Lipinski definition) is 5. The average Bonchev–Trinajstić information content (AvgIpc) is 3.32. The number of nitrogens with one attached hydrogen (secondary N) is 1. The predicted molar refractivity (Wildman–Crippen MR) is 115 cm³/mol. The van der Waals surface area contributed by atoms with E-state index in [0.717, 1.165) is 16.2 Å². The molecule has 0 unspecified atom stereocenters. The zero-order valence-corrected chi connectivity index (χ0v) is 17.7. The fraction of sp³-hybridized carbons (Fsp3) is 0.143. The van der Waals surface area contributed by atoms with Gasteiger partial charge in [0.25, 0.3) is 0 Å². The first kappa shape index (κ1) is 20.2. The van der Waals surface area contributed by atoms with Crippen molar-refractivity contribution in [1.29, 1.82) is 0 Å². The van der Waals surface area contributed by atoms with Crippen LogP contribution in [0.3, 0.4) is 0 Å². The van der Waals surface area contributed by atoms with Crippen molar-refractivity contribution in [2.75, 3.05) is 19.5 Å². The van der Waals surface area contributed by atoms with Crippen LogP contribution in [0.2, 0.25) is 5.02 Å². The molecule has 2 aromatic carbocycles. The molecule has 2 heterocycles. The van der Waals surface area contributed by atoms with Crippen molar-refractivity contribution in [3.8, 4) is 22.8 Å². The number of thiazole rings is 1. The summed E-state index contributed by atoms with van der Waals surface area (Å²) in [5.41, 5.74) is 2.72. The highest BCUT2D eigenvalue weighted by Crippen LogP contribution is 2.34. The molecule has 0 saturated carbocycles. The molecule has 0 bridgehead atoms. The lowest BCUT2D eigenvalue weighted by Gasteiger charge is -2.08. The fourth-order valence-electron chi connectivity index (χ4n) is 3.04. The van der Waals surface area contributed by atoms with Gasteiger partial charge in [-0.05, 0) is 36.4 Å². The van der Waals surface area contributed by atoms with Gasteiger partial charge in [0.2, 0.25) is 5.91 Å². The fourth-order valence-corrected chi connectivity index (χ4v) is 4.10. The molecule has 1 N–H and O–H groups in total. The van der Waals surface area contributed by atoms with Gasteiger partial charge in [0.15, 0.2) is 4.96 Å². The standard InChI is InChI=1S/C21H17ClFN3O3S/c1-28-14-4-6-19(29-2)15(9-14)18-10-26-13(11-30-21(26)25-18)8-20(27)24-12-3-5-17(23)16(22)7-12/h3-7,9-11H,8H2,1-2H3,(H,24,27). The lowest BCUT2D eigenvalue weighted by molar-refractivity contribution is -0.115. The van der Waals surface area contributed by atoms with Crippen LogP contribution in [0.5, 0.6) is 11.5 Å². The van der Waals surface area contributed by atoms with E-state index in [4.69, 9.17) is 21.1 Å². The van der Waals surface area contributed by atoms with E-state index in [1.54, 1.807) is 14.2 Å². The van der Waals surface area contributed by atoms with Crippen LogP contribution in [-0.4, -0.2) is 29.5 Å². The number of hydrogen-bond donors (Lipinski definition) is 1. The molecule has 4 rings (SSSR count). The molecule has 9 heteroatoms. The molecular weight excluding hydrogens is 429 g/mol. The normalized spacial score (nSPS) is 10.9. The van der Waals surface area contributed by atoms with Crippen molar-refractivity contribution in [1.82, 2.24) is 9.38 Å². The first-order chi connectivity index (χ1) is 14.5. The minimum atomic E-state index is -0.534. The molecule has 154 valence electrons. The van der Waals surface area contributed by atoms with Crippen LogP contribution in [0.1, 0.15) is 5.69 Å². The highest BCUT2D eigenvalue weighted by Gasteiger charge is 2.16. The van der Waals surface area contributed by atoms with Crippen molar-refractivity contribution in [3.05, 3.63) is 64.5 Å². The SMILES string of the molecule is COc1ccc(OC)c(-c2cn3c(CC(=O)Nc4ccc(F)c(Cl)c4)csc3n2)c1. The number of anilines is 1. The Morgan fingerprint density at radius 1 is 1.23 bits per heavy atom. The molecule has 0 aliphatic rings. The van der Waals surface area contributed by atoms with Gasteiger partial charge in [-0.2, -0.15) is 0 Å². The quantitative estimate of drug-likeness (QED) is 0.451. The molecule has 6 nitrogen and oxygen atoms in total. The molecular formula is C21H17ClFN3O3S. The molecule has 0 saturated heterocycles. The highest BCUT2D eigenvalue weighted by atomic mass is 35.5. The number of rotatable bonds is 6. The third kappa shape index (κ3) is 3.96. The Hall–Kier alpha value is -3.10. The Morgan fingerprint density at radius 2 is 2.07 bits per heavy atom. The van der Waals surface area contributed by atoms with E-state index >= 15 is 0 Å². The minimum absolute atomic E-state index is 0.0442. The number of benzene rings is 2. The number of nitrogens with zero attached hydrogens (tertiary/aromatic N) is 2. The third-order valence-corrected chi connectivity index (χ3v) is 5.69. The summed E-state index contributed by atoms with van der Waals surface area (Å²) < 4.78 is 25.9. The van der Waals surface area contributed by atoms with E-state index in [2.05, 4.69) is 10.3 Å². The Morgan fingerprint density at radius 3 is 2.80 bits per heavy atom. The lowest BCUT2D eigenvalue weighted by Crippen LogP contribution is -2.15. The maximum Gasteiger partial charge on any atom is 0.230 e. The molecule has 2 aromatic heterocycles. The number of ether oxygens (including phenoxy) is 2. The van der Waals surface area contributed by atoms with Gasteiger partial charge in [-0.15, -0.1) is 11.3 Å². The Labute approximate surface area is 180 Å². The number of halogens is 2. The van der Waals surface area contributed by atoms with E-state index in [9.17, 15) is 9.18 Å². The monoisotopic (exact) mass is 445 g/mol. The molecule has 4 aromatic rings. The number of aromatic nitrogens is 2. The van der Waals surface area contributed by atoms with Crippen LogP contribution < -0.4 is 14.8 Å². The third-order valence-electron chi connectivity index (χ3n) is 4.51. The van der Waals surface area contributed by atoms with Gasteiger partial charge < -0.3 is 14.8 Å². The van der Waals surface area contributed by atoms with E-state index in [0.29, 0.717) is 22.9 Å². The van der Waals surface area contributed by atoms with Crippen LogP contribution in [0.25, 0.3) is 16.2 Å². The maximum absolute atomic E-state index is 13.3. The van der Waals surface area contributed by atoms with E-state index in [-0.39, 0.29) is 17.4 Å². The van der Waals surface area contributed by atoms with Crippen molar-refractivity contribution in [2.24, 2.45) is 0 Å². The van der Waals surface area contributed by atoms with Gasteiger partial charge in [-0.25, -0.2) is 9.37 Å². The van der Waals surface area contributed by atoms with Crippen LogP contribution in [-0.2, 0) is 11.2 Å². The van der Waals surface area contributed by atoms with Gasteiger partial charge in [-0.3, -0.25) is 9.20 Å². The first-order valence-corrected chi connectivity index (χ1v) is 10.2. The number of carbonyl (C=O) groups excluding carboxylic acids is 1. The molecule has 0 atom stereocenters. The van der Waals surface area contributed by atoms with Gasteiger partial charge in [0, 0.05) is 28.5 Å². The Bertz CT molecular complexity index is 1240.